The first-order chi connectivity index (χ1) is 11.9. The van der Waals surface area contributed by atoms with Gasteiger partial charge < -0.3 is 15.4 Å². The normalized spacial score (nSPS) is 18.6. The summed E-state index contributed by atoms with van der Waals surface area (Å²) in [5.74, 6) is -1.36. The summed E-state index contributed by atoms with van der Waals surface area (Å²) in [4.78, 5) is 42.6. The van der Waals surface area contributed by atoms with E-state index in [1.165, 1.54) is 0 Å². The van der Waals surface area contributed by atoms with Gasteiger partial charge in [0.05, 0.1) is 18.4 Å². The predicted molar refractivity (Wildman–Crippen MR) is 90.4 cm³/mol. The number of fused-ring (bicyclic) bond motifs is 1. The standard InChI is InChI=1S/C18H19N3O4/c1-9-13(17(23)20-10(2)19-9)8-16(22)21-15-7-14(18(24)25)11-5-3-4-6-12(11)15/h3-6,14-15H,7-8H2,1-2H3,(H,21,22)(H,24,25)(H,19,20,23). The van der Waals surface area contributed by atoms with Gasteiger partial charge in [-0.2, -0.15) is 0 Å². The van der Waals surface area contributed by atoms with Gasteiger partial charge in [-0.3, -0.25) is 14.4 Å². The first-order valence-electron chi connectivity index (χ1n) is 8.04. The van der Waals surface area contributed by atoms with E-state index in [2.05, 4.69) is 15.3 Å². The summed E-state index contributed by atoms with van der Waals surface area (Å²) in [6.07, 6.45) is 0.215. The second kappa shape index (κ2) is 6.51. The fourth-order valence-electron chi connectivity index (χ4n) is 3.37. The van der Waals surface area contributed by atoms with Gasteiger partial charge in [-0.05, 0) is 31.4 Å². The molecule has 0 aliphatic heterocycles. The van der Waals surface area contributed by atoms with Crippen LogP contribution in [0.1, 0.15) is 46.6 Å². The number of nitrogens with zero attached hydrogens (tertiary/aromatic N) is 1. The van der Waals surface area contributed by atoms with Crippen LogP contribution in [0.15, 0.2) is 29.1 Å². The van der Waals surface area contributed by atoms with Crippen LogP contribution in [-0.4, -0.2) is 27.0 Å². The van der Waals surface area contributed by atoms with Crippen molar-refractivity contribution in [2.45, 2.75) is 38.6 Å². The van der Waals surface area contributed by atoms with Gasteiger partial charge in [-0.1, -0.05) is 24.3 Å². The molecule has 1 aliphatic carbocycles. The van der Waals surface area contributed by atoms with Crippen LogP contribution in [0, 0.1) is 13.8 Å². The van der Waals surface area contributed by atoms with Gasteiger partial charge in [-0.25, -0.2) is 4.98 Å². The van der Waals surface area contributed by atoms with Crippen LogP contribution in [0.25, 0.3) is 0 Å². The molecular formula is C18H19N3O4. The maximum absolute atomic E-state index is 12.4. The van der Waals surface area contributed by atoms with E-state index in [-0.39, 0.29) is 23.9 Å². The van der Waals surface area contributed by atoms with Crippen molar-refractivity contribution in [1.82, 2.24) is 15.3 Å². The average Bonchev–Trinajstić information content (AvgIpc) is 2.90. The summed E-state index contributed by atoms with van der Waals surface area (Å²) in [5.41, 5.74) is 2.06. The minimum absolute atomic E-state index is 0.0924. The lowest BCUT2D eigenvalue weighted by Gasteiger charge is -2.14. The highest BCUT2D eigenvalue weighted by molar-refractivity contribution is 5.81. The quantitative estimate of drug-likeness (QED) is 0.777. The fraction of sp³-hybridized carbons (Fsp3) is 0.333. The molecule has 0 fully saturated rings. The third-order valence-corrected chi connectivity index (χ3v) is 4.53. The van der Waals surface area contributed by atoms with Gasteiger partial charge in [0.25, 0.3) is 5.56 Å². The highest BCUT2D eigenvalue weighted by Gasteiger charge is 2.35. The van der Waals surface area contributed by atoms with Gasteiger partial charge in [0, 0.05) is 11.3 Å². The molecule has 1 amide bonds. The SMILES string of the molecule is Cc1nc(C)c(CC(=O)NC2CC(C(=O)O)c3ccccc32)c(=O)[nH]1. The molecule has 0 spiro atoms. The van der Waals surface area contributed by atoms with Crippen molar-refractivity contribution in [2.24, 2.45) is 0 Å². The Morgan fingerprint density at radius 1 is 1.28 bits per heavy atom. The second-order valence-electron chi connectivity index (χ2n) is 6.27. The zero-order chi connectivity index (χ0) is 18.1. The van der Waals surface area contributed by atoms with Gasteiger partial charge in [0.2, 0.25) is 5.91 Å². The van der Waals surface area contributed by atoms with E-state index < -0.39 is 11.9 Å². The Bertz CT molecular complexity index is 903. The zero-order valence-electron chi connectivity index (χ0n) is 14.0. The van der Waals surface area contributed by atoms with Crippen LogP contribution in [0.5, 0.6) is 0 Å². The topological polar surface area (TPSA) is 112 Å². The molecule has 0 saturated heterocycles. The summed E-state index contributed by atoms with van der Waals surface area (Å²) >= 11 is 0. The Hall–Kier alpha value is -2.96. The first kappa shape index (κ1) is 16.9. The Morgan fingerprint density at radius 3 is 2.60 bits per heavy atom. The first-order valence-corrected chi connectivity index (χ1v) is 8.04. The Labute approximate surface area is 144 Å². The van der Waals surface area contributed by atoms with E-state index in [4.69, 9.17) is 0 Å². The highest BCUT2D eigenvalue weighted by Crippen LogP contribution is 2.40. The molecule has 25 heavy (non-hydrogen) atoms. The van der Waals surface area contributed by atoms with Gasteiger partial charge in [0.15, 0.2) is 0 Å². The summed E-state index contributed by atoms with van der Waals surface area (Å²) < 4.78 is 0. The van der Waals surface area contributed by atoms with E-state index in [0.29, 0.717) is 23.5 Å². The predicted octanol–water partition coefficient (Wildman–Crippen LogP) is 1.36. The third-order valence-electron chi connectivity index (χ3n) is 4.53. The van der Waals surface area contributed by atoms with E-state index in [1.54, 1.807) is 26.0 Å². The van der Waals surface area contributed by atoms with Crippen molar-refractivity contribution >= 4 is 11.9 Å². The van der Waals surface area contributed by atoms with Crippen LogP contribution in [0.3, 0.4) is 0 Å². The number of amides is 1. The number of aryl methyl sites for hydroxylation is 2. The van der Waals surface area contributed by atoms with Crippen LogP contribution < -0.4 is 10.9 Å². The Morgan fingerprint density at radius 2 is 1.96 bits per heavy atom. The number of carboxylic acids is 1. The molecule has 2 unspecified atom stereocenters. The second-order valence-corrected chi connectivity index (χ2v) is 6.27. The number of aromatic nitrogens is 2. The lowest BCUT2D eigenvalue weighted by atomic mass is 10.0. The molecule has 0 radical (unpaired) electrons. The van der Waals surface area contributed by atoms with Crippen LogP contribution >= 0.6 is 0 Å². The van der Waals surface area contributed by atoms with Gasteiger partial charge >= 0.3 is 5.97 Å². The van der Waals surface area contributed by atoms with E-state index in [1.807, 2.05) is 12.1 Å². The largest absolute Gasteiger partial charge is 0.481 e. The molecule has 1 aromatic carbocycles. The van der Waals surface area contributed by atoms with Crippen LogP contribution in [0.2, 0.25) is 0 Å². The number of hydrogen-bond donors (Lipinski definition) is 3. The molecule has 130 valence electrons. The number of aromatic amines is 1. The maximum atomic E-state index is 12.4. The lowest BCUT2D eigenvalue weighted by molar-refractivity contribution is -0.139. The molecule has 7 nitrogen and oxygen atoms in total. The molecule has 1 aromatic heterocycles. The Kier molecular flexibility index (Phi) is 4.39. The minimum Gasteiger partial charge on any atom is -0.481 e. The molecule has 2 atom stereocenters. The van der Waals surface area contributed by atoms with E-state index >= 15 is 0 Å². The summed E-state index contributed by atoms with van der Waals surface area (Å²) in [6.45, 7) is 3.37. The molecule has 3 rings (SSSR count). The maximum Gasteiger partial charge on any atom is 0.311 e. The zero-order valence-corrected chi connectivity index (χ0v) is 14.0. The molecule has 3 N–H and O–H groups in total. The third kappa shape index (κ3) is 3.31. The summed E-state index contributed by atoms with van der Waals surface area (Å²) in [5, 5.41) is 12.2. The van der Waals surface area contributed by atoms with Crippen molar-refractivity contribution in [3.05, 3.63) is 62.8 Å². The number of benzene rings is 1. The molecular weight excluding hydrogens is 322 g/mol. The highest BCUT2D eigenvalue weighted by atomic mass is 16.4. The van der Waals surface area contributed by atoms with Crippen molar-refractivity contribution in [1.29, 1.82) is 0 Å². The van der Waals surface area contributed by atoms with Crippen molar-refractivity contribution in [3.8, 4) is 0 Å². The van der Waals surface area contributed by atoms with Crippen LogP contribution in [0.4, 0.5) is 0 Å². The molecule has 7 heteroatoms. The monoisotopic (exact) mass is 341 g/mol. The smallest absolute Gasteiger partial charge is 0.311 e. The Balaban J connectivity index is 1.79. The average molecular weight is 341 g/mol. The summed E-state index contributed by atoms with van der Waals surface area (Å²) in [6, 6.07) is 6.84. The van der Waals surface area contributed by atoms with Gasteiger partial charge in [-0.15, -0.1) is 0 Å². The molecule has 1 heterocycles. The number of carbonyl (C=O) groups excluding carboxylic acids is 1. The number of H-pyrrole nitrogens is 1. The molecule has 0 saturated carbocycles. The molecule has 0 bridgehead atoms. The van der Waals surface area contributed by atoms with Crippen molar-refractivity contribution < 1.29 is 14.7 Å². The molecule has 2 aromatic rings. The van der Waals surface area contributed by atoms with Crippen LogP contribution in [-0.2, 0) is 16.0 Å². The number of hydrogen-bond acceptors (Lipinski definition) is 4. The lowest BCUT2D eigenvalue weighted by Crippen LogP contribution is -2.31. The number of carboxylic acid groups (broad SMARTS) is 1. The van der Waals surface area contributed by atoms with E-state index in [0.717, 1.165) is 11.1 Å². The number of nitrogens with one attached hydrogen (secondary N) is 2. The van der Waals surface area contributed by atoms with Crippen molar-refractivity contribution in [2.75, 3.05) is 0 Å². The number of aliphatic carboxylic acids is 1. The number of rotatable bonds is 4. The van der Waals surface area contributed by atoms with Gasteiger partial charge in [0.1, 0.15) is 5.82 Å². The minimum atomic E-state index is -0.903. The number of carbonyl (C=O) groups is 2. The summed E-state index contributed by atoms with van der Waals surface area (Å²) in [7, 11) is 0. The molecule has 1 aliphatic rings. The van der Waals surface area contributed by atoms with E-state index in [9.17, 15) is 19.5 Å². The van der Waals surface area contributed by atoms with Crippen molar-refractivity contribution in [3.63, 3.8) is 0 Å². The fourth-order valence-corrected chi connectivity index (χ4v) is 3.37.